The zero-order chi connectivity index (χ0) is 10.4. The molecule has 3 atom stereocenters. The quantitative estimate of drug-likeness (QED) is 0.609. The first kappa shape index (κ1) is 12.0. The molecule has 1 aliphatic rings. The standard InChI is InChI=1S/C11H24N2O/c1-3-9(8-14)10(4-2)11-7-12-5-6-13-11/h9-14H,3-8H2,1-2H3. The minimum absolute atomic E-state index is 0.327. The summed E-state index contributed by atoms with van der Waals surface area (Å²) in [7, 11) is 0. The van der Waals surface area contributed by atoms with E-state index in [1.54, 1.807) is 0 Å². The van der Waals surface area contributed by atoms with E-state index in [0.717, 1.165) is 32.5 Å². The van der Waals surface area contributed by atoms with E-state index in [0.29, 0.717) is 24.5 Å². The van der Waals surface area contributed by atoms with Crippen LogP contribution in [-0.2, 0) is 0 Å². The molecule has 84 valence electrons. The number of aliphatic hydroxyl groups is 1. The van der Waals surface area contributed by atoms with Crippen molar-refractivity contribution >= 4 is 0 Å². The third kappa shape index (κ3) is 2.94. The van der Waals surface area contributed by atoms with Gasteiger partial charge >= 0.3 is 0 Å². The molecule has 1 aliphatic heterocycles. The van der Waals surface area contributed by atoms with E-state index in [2.05, 4.69) is 24.5 Å². The first-order valence-electron chi connectivity index (χ1n) is 5.88. The number of aliphatic hydroxyl groups excluding tert-OH is 1. The van der Waals surface area contributed by atoms with E-state index in [4.69, 9.17) is 0 Å². The molecule has 3 unspecified atom stereocenters. The van der Waals surface area contributed by atoms with Gasteiger partial charge in [0.15, 0.2) is 0 Å². The van der Waals surface area contributed by atoms with Crippen LogP contribution in [0.5, 0.6) is 0 Å². The number of piperazine rings is 1. The zero-order valence-corrected chi connectivity index (χ0v) is 9.42. The molecule has 3 nitrogen and oxygen atoms in total. The van der Waals surface area contributed by atoms with Crippen molar-refractivity contribution < 1.29 is 5.11 Å². The molecule has 0 amide bonds. The Bertz CT molecular complexity index is 142. The van der Waals surface area contributed by atoms with Crippen molar-refractivity contribution in [1.29, 1.82) is 0 Å². The fourth-order valence-corrected chi connectivity index (χ4v) is 2.49. The topological polar surface area (TPSA) is 44.3 Å². The molecule has 0 aliphatic carbocycles. The van der Waals surface area contributed by atoms with Crippen molar-refractivity contribution in [3.05, 3.63) is 0 Å². The van der Waals surface area contributed by atoms with Gasteiger partial charge in [0.1, 0.15) is 0 Å². The van der Waals surface area contributed by atoms with Gasteiger partial charge in [0.2, 0.25) is 0 Å². The van der Waals surface area contributed by atoms with Crippen molar-refractivity contribution in [1.82, 2.24) is 10.6 Å². The summed E-state index contributed by atoms with van der Waals surface area (Å²) in [6.07, 6.45) is 2.23. The SMILES string of the molecule is CCC(CO)C(CC)C1CNCCN1. The first-order valence-corrected chi connectivity index (χ1v) is 5.88. The maximum absolute atomic E-state index is 9.31. The lowest BCUT2D eigenvalue weighted by atomic mass is 9.82. The molecule has 0 spiro atoms. The highest BCUT2D eigenvalue weighted by molar-refractivity contribution is 4.85. The molecule has 0 aromatic rings. The van der Waals surface area contributed by atoms with Crippen LogP contribution in [0.2, 0.25) is 0 Å². The van der Waals surface area contributed by atoms with Crippen molar-refractivity contribution in [2.45, 2.75) is 32.7 Å². The number of nitrogens with one attached hydrogen (secondary N) is 2. The maximum atomic E-state index is 9.31. The minimum Gasteiger partial charge on any atom is -0.396 e. The molecule has 3 heteroatoms. The van der Waals surface area contributed by atoms with Gasteiger partial charge < -0.3 is 15.7 Å². The summed E-state index contributed by atoms with van der Waals surface area (Å²) in [4.78, 5) is 0. The lowest BCUT2D eigenvalue weighted by Crippen LogP contribution is -2.53. The molecule has 14 heavy (non-hydrogen) atoms. The van der Waals surface area contributed by atoms with E-state index in [9.17, 15) is 5.11 Å². The molecule has 0 aromatic carbocycles. The third-order valence-electron chi connectivity index (χ3n) is 3.43. The highest BCUT2D eigenvalue weighted by Gasteiger charge is 2.27. The van der Waals surface area contributed by atoms with Crippen molar-refractivity contribution in [3.8, 4) is 0 Å². The van der Waals surface area contributed by atoms with Crippen LogP contribution >= 0.6 is 0 Å². The van der Waals surface area contributed by atoms with E-state index < -0.39 is 0 Å². The van der Waals surface area contributed by atoms with Crippen LogP contribution in [0.1, 0.15) is 26.7 Å². The Kier molecular flexibility index (Phi) is 5.45. The summed E-state index contributed by atoms with van der Waals surface area (Å²) in [5.74, 6) is 1.06. The molecule has 1 rings (SSSR count). The molecule has 1 saturated heterocycles. The lowest BCUT2D eigenvalue weighted by molar-refractivity contribution is 0.133. The van der Waals surface area contributed by atoms with Crippen LogP contribution in [0.4, 0.5) is 0 Å². The van der Waals surface area contributed by atoms with Crippen LogP contribution in [0, 0.1) is 11.8 Å². The summed E-state index contributed by atoms with van der Waals surface area (Å²) in [5.41, 5.74) is 0. The van der Waals surface area contributed by atoms with Gasteiger partial charge in [0.25, 0.3) is 0 Å². The van der Waals surface area contributed by atoms with Crippen LogP contribution in [0.3, 0.4) is 0 Å². The maximum Gasteiger partial charge on any atom is 0.0462 e. The predicted molar refractivity (Wildman–Crippen MR) is 59.3 cm³/mol. The summed E-state index contributed by atoms with van der Waals surface area (Å²) in [6, 6.07) is 0.547. The second-order valence-corrected chi connectivity index (χ2v) is 4.19. The molecule has 0 aromatic heterocycles. The summed E-state index contributed by atoms with van der Waals surface area (Å²) < 4.78 is 0. The average molecular weight is 200 g/mol. The van der Waals surface area contributed by atoms with Crippen LogP contribution in [0.25, 0.3) is 0 Å². The van der Waals surface area contributed by atoms with E-state index in [1.807, 2.05) is 0 Å². The van der Waals surface area contributed by atoms with Crippen molar-refractivity contribution in [3.63, 3.8) is 0 Å². The minimum atomic E-state index is 0.327. The van der Waals surface area contributed by atoms with Gasteiger partial charge in [-0.2, -0.15) is 0 Å². The molecular formula is C11H24N2O. The largest absolute Gasteiger partial charge is 0.396 e. The molecule has 0 saturated carbocycles. The Labute approximate surface area is 87.3 Å². The van der Waals surface area contributed by atoms with Gasteiger partial charge in [0.05, 0.1) is 0 Å². The van der Waals surface area contributed by atoms with E-state index in [-0.39, 0.29) is 0 Å². The number of rotatable bonds is 5. The van der Waals surface area contributed by atoms with Gasteiger partial charge in [-0.1, -0.05) is 26.7 Å². The van der Waals surface area contributed by atoms with Gasteiger partial charge in [-0.15, -0.1) is 0 Å². The average Bonchev–Trinajstić information content (AvgIpc) is 2.27. The van der Waals surface area contributed by atoms with Crippen LogP contribution in [0.15, 0.2) is 0 Å². The summed E-state index contributed by atoms with van der Waals surface area (Å²) >= 11 is 0. The van der Waals surface area contributed by atoms with Crippen molar-refractivity contribution in [2.24, 2.45) is 11.8 Å². The normalized spacial score (nSPS) is 27.2. The molecular weight excluding hydrogens is 176 g/mol. The lowest BCUT2D eigenvalue weighted by Gasteiger charge is -2.35. The first-order chi connectivity index (χ1) is 6.83. The Morgan fingerprint density at radius 2 is 2.07 bits per heavy atom. The predicted octanol–water partition coefficient (Wildman–Crippen LogP) is 0.592. The van der Waals surface area contributed by atoms with Crippen LogP contribution in [-0.4, -0.2) is 37.4 Å². The highest BCUT2D eigenvalue weighted by atomic mass is 16.3. The summed E-state index contributed by atoms with van der Waals surface area (Å²) in [6.45, 7) is 7.90. The molecule has 1 heterocycles. The van der Waals surface area contributed by atoms with Gasteiger partial charge in [-0.3, -0.25) is 0 Å². The second-order valence-electron chi connectivity index (χ2n) is 4.19. The zero-order valence-electron chi connectivity index (χ0n) is 9.42. The van der Waals surface area contributed by atoms with Gasteiger partial charge in [-0.25, -0.2) is 0 Å². The Morgan fingerprint density at radius 1 is 1.29 bits per heavy atom. The smallest absolute Gasteiger partial charge is 0.0462 e. The van der Waals surface area contributed by atoms with Gasteiger partial charge in [-0.05, 0) is 11.8 Å². The van der Waals surface area contributed by atoms with E-state index >= 15 is 0 Å². The highest BCUT2D eigenvalue weighted by Crippen LogP contribution is 2.23. The molecule has 0 bridgehead atoms. The Hall–Kier alpha value is -0.120. The monoisotopic (exact) mass is 200 g/mol. The van der Waals surface area contributed by atoms with Gasteiger partial charge in [0, 0.05) is 32.3 Å². The molecule has 3 N–H and O–H groups in total. The Balaban J connectivity index is 2.49. The van der Waals surface area contributed by atoms with Crippen molar-refractivity contribution in [2.75, 3.05) is 26.2 Å². The van der Waals surface area contributed by atoms with E-state index in [1.165, 1.54) is 0 Å². The fraction of sp³-hybridized carbons (Fsp3) is 1.00. The fourth-order valence-electron chi connectivity index (χ4n) is 2.49. The molecule has 1 fully saturated rings. The number of hydrogen-bond donors (Lipinski definition) is 3. The van der Waals surface area contributed by atoms with Crippen LogP contribution < -0.4 is 10.6 Å². The number of hydrogen-bond acceptors (Lipinski definition) is 3. The second kappa shape index (κ2) is 6.38. The Morgan fingerprint density at radius 3 is 2.50 bits per heavy atom. The third-order valence-corrected chi connectivity index (χ3v) is 3.43. The molecule has 0 radical (unpaired) electrons. The summed E-state index contributed by atoms with van der Waals surface area (Å²) in [5, 5.41) is 16.3.